The highest BCUT2D eigenvalue weighted by Gasteiger charge is 2.31. The quantitative estimate of drug-likeness (QED) is 0.534. The molecule has 0 bridgehead atoms. The lowest BCUT2D eigenvalue weighted by Gasteiger charge is -2.31. The van der Waals surface area contributed by atoms with Crippen molar-refractivity contribution >= 4 is 5.71 Å². The minimum atomic E-state index is -1.06. The molecule has 1 aromatic carbocycles. The van der Waals surface area contributed by atoms with Crippen LogP contribution in [0.4, 0.5) is 0 Å². The molecule has 0 aromatic heterocycles. The fraction of sp³-hybridized carbons (Fsp3) is 0.143. The Morgan fingerprint density at radius 2 is 2.11 bits per heavy atom. The van der Waals surface area contributed by atoms with Crippen LogP contribution in [0.5, 0.6) is 0 Å². The first-order valence-electron chi connectivity index (χ1n) is 5.57. The van der Waals surface area contributed by atoms with Crippen molar-refractivity contribution in [1.29, 1.82) is 10.7 Å². The zero-order valence-corrected chi connectivity index (χ0v) is 9.80. The van der Waals surface area contributed by atoms with E-state index < -0.39 is 11.6 Å². The van der Waals surface area contributed by atoms with Crippen LogP contribution in [0.25, 0.3) is 0 Å². The maximum absolute atomic E-state index is 8.86. The van der Waals surface area contributed by atoms with Crippen molar-refractivity contribution in [2.24, 2.45) is 17.4 Å². The predicted molar refractivity (Wildman–Crippen MR) is 70.9 cm³/mol. The van der Waals surface area contributed by atoms with Crippen LogP contribution in [0.2, 0.25) is 0 Å². The molecule has 2 rings (SSSR count). The molecule has 0 saturated heterocycles. The molecule has 4 nitrogen and oxygen atoms in total. The van der Waals surface area contributed by atoms with Gasteiger partial charge in [-0.25, -0.2) is 0 Å². The SMILES string of the molecule is N#Cc1cccc(C(=N)C2C=CC=CC2(N)N)c1. The molecule has 0 amide bonds. The van der Waals surface area contributed by atoms with Crippen molar-refractivity contribution in [3.8, 4) is 6.07 Å². The molecule has 90 valence electrons. The first-order valence-corrected chi connectivity index (χ1v) is 5.57. The molecule has 18 heavy (non-hydrogen) atoms. The molecule has 1 aliphatic rings. The van der Waals surface area contributed by atoms with E-state index in [9.17, 15) is 0 Å². The van der Waals surface area contributed by atoms with Crippen molar-refractivity contribution in [2.45, 2.75) is 5.66 Å². The summed E-state index contributed by atoms with van der Waals surface area (Å²) in [5.74, 6) is -0.392. The van der Waals surface area contributed by atoms with Crippen LogP contribution in [-0.4, -0.2) is 11.4 Å². The predicted octanol–water partition coefficient (Wildman–Crippen LogP) is 1.28. The Kier molecular flexibility index (Phi) is 3.11. The molecular formula is C14H14N4. The molecule has 0 heterocycles. The monoisotopic (exact) mass is 238 g/mol. The second kappa shape index (κ2) is 4.57. The number of rotatable bonds is 2. The number of nitrogens with zero attached hydrogens (tertiary/aromatic N) is 1. The largest absolute Gasteiger partial charge is 0.309 e. The third kappa shape index (κ3) is 2.23. The van der Waals surface area contributed by atoms with E-state index >= 15 is 0 Å². The number of hydrogen-bond donors (Lipinski definition) is 3. The smallest absolute Gasteiger partial charge is 0.0991 e. The molecule has 5 N–H and O–H groups in total. The Balaban J connectivity index is 2.34. The lowest BCUT2D eigenvalue weighted by molar-refractivity contribution is 0.488. The maximum atomic E-state index is 8.86. The van der Waals surface area contributed by atoms with Crippen LogP contribution >= 0.6 is 0 Å². The Bertz CT molecular complexity index is 576. The van der Waals surface area contributed by atoms with Gasteiger partial charge in [-0.3, -0.25) is 0 Å². The minimum absolute atomic E-state index is 0.317. The summed E-state index contributed by atoms with van der Waals surface area (Å²) < 4.78 is 0. The van der Waals surface area contributed by atoms with Gasteiger partial charge in [0, 0.05) is 5.71 Å². The number of allylic oxidation sites excluding steroid dienone is 2. The minimum Gasteiger partial charge on any atom is -0.309 e. The second-order valence-electron chi connectivity index (χ2n) is 4.33. The molecular weight excluding hydrogens is 224 g/mol. The molecule has 4 heteroatoms. The van der Waals surface area contributed by atoms with Crippen molar-refractivity contribution < 1.29 is 0 Å². The number of nitrogens with two attached hydrogens (primary N) is 2. The standard InChI is InChI=1S/C14H14N4/c15-9-10-4-3-5-11(8-10)13(16)12-6-1-2-7-14(12,17)18/h1-8,12,16H,17-18H2. The number of nitrogens with one attached hydrogen (secondary N) is 1. The second-order valence-corrected chi connectivity index (χ2v) is 4.33. The van der Waals surface area contributed by atoms with Crippen LogP contribution in [0.15, 0.2) is 48.6 Å². The van der Waals surface area contributed by atoms with Crippen molar-refractivity contribution in [1.82, 2.24) is 0 Å². The Morgan fingerprint density at radius 3 is 2.78 bits per heavy atom. The van der Waals surface area contributed by atoms with E-state index in [4.69, 9.17) is 22.1 Å². The number of benzene rings is 1. The average Bonchev–Trinajstić information content (AvgIpc) is 2.37. The van der Waals surface area contributed by atoms with Crippen LogP contribution in [0.3, 0.4) is 0 Å². The van der Waals surface area contributed by atoms with Gasteiger partial charge in [0.1, 0.15) is 0 Å². The van der Waals surface area contributed by atoms with Gasteiger partial charge in [0.05, 0.1) is 23.2 Å². The van der Waals surface area contributed by atoms with Crippen molar-refractivity contribution in [2.75, 3.05) is 0 Å². The summed E-state index contributed by atoms with van der Waals surface area (Å²) in [5, 5.41) is 17.1. The van der Waals surface area contributed by atoms with Gasteiger partial charge in [-0.15, -0.1) is 0 Å². The third-order valence-electron chi connectivity index (χ3n) is 2.95. The Labute approximate surface area is 106 Å². The van der Waals surface area contributed by atoms with Gasteiger partial charge in [0.25, 0.3) is 0 Å². The Hall–Kier alpha value is -2.22. The van der Waals surface area contributed by atoms with E-state index in [1.54, 1.807) is 42.5 Å². The van der Waals surface area contributed by atoms with Gasteiger partial charge in [-0.05, 0) is 23.8 Å². The van der Waals surface area contributed by atoms with E-state index in [2.05, 4.69) is 6.07 Å². The van der Waals surface area contributed by atoms with E-state index in [0.29, 0.717) is 16.8 Å². The molecule has 0 radical (unpaired) electrons. The van der Waals surface area contributed by atoms with Gasteiger partial charge in [0.15, 0.2) is 0 Å². The molecule has 0 fully saturated rings. The van der Waals surface area contributed by atoms with Crippen LogP contribution in [-0.2, 0) is 0 Å². The number of hydrogen-bond acceptors (Lipinski definition) is 4. The van der Waals surface area contributed by atoms with Crippen LogP contribution in [0.1, 0.15) is 11.1 Å². The maximum Gasteiger partial charge on any atom is 0.0991 e. The van der Waals surface area contributed by atoms with Crippen LogP contribution < -0.4 is 11.5 Å². The van der Waals surface area contributed by atoms with E-state index in [0.717, 1.165) is 0 Å². The van der Waals surface area contributed by atoms with Gasteiger partial charge in [0.2, 0.25) is 0 Å². The first kappa shape index (κ1) is 12.2. The first-order chi connectivity index (χ1) is 8.54. The molecule has 1 atom stereocenters. The average molecular weight is 238 g/mol. The molecule has 1 aromatic rings. The lowest BCUT2D eigenvalue weighted by atomic mass is 9.83. The summed E-state index contributed by atoms with van der Waals surface area (Å²) in [6.45, 7) is 0. The van der Waals surface area contributed by atoms with Gasteiger partial charge in [-0.2, -0.15) is 5.26 Å². The summed E-state index contributed by atoms with van der Waals surface area (Å²) in [4.78, 5) is 0. The molecule has 0 aliphatic heterocycles. The Morgan fingerprint density at radius 1 is 1.33 bits per heavy atom. The van der Waals surface area contributed by atoms with Gasteiger partial charge < -0.3 is 16.9 Å². The van der Waals surface area contributed by atoms with Gasteiger partial charge >= 0.3 is 0 Å². The van der Waals surface area contributed by atoms with E-state index in [1.165, 1.54) is 0 Å². The summed E-state index contributed by atoms with van der Waals surface area (Å²) in [7, 11) is 0. The normalized spacial score (nSPS) is 20.4. The fourth-order valence-corrected chi connectivity index (χ4v) is 1.95. The van der Waals surface area contributed by atoms with Crippen molar-refractivity contribution in [3.05, 3.63) is 59.7 Å². The van der Waals surface area contributed by atoms with Crippen molar-refractivity contribution in [3.63, 3.8) is 0 Å². The summed E-state index contributed by atoms with van der Waals surface area (Å²) in [5.41, 5.74) is 12.4. The highest BCUT2D eigenvalue weighted by Crippen LogP contribution is 2.22. The van der Waals surface area contributed by atoms with E-state index in [-0.39, 0.29) is 0 Å². The van der Waals surface area contributed by atoms with Crippen LogP contribution in [0, 0.1) is 22.7 Å². The van der Waals surface area contributed by atoms with Gasteiger partial charge in [-0.1, -0.05) is 30.4 Å². The molecule has 1 unspecified atom stereocenters. The zero-order chi connectivity index (χ0) is 13.2. The number of nitriles is 1. The highest BCUT2D eigenvalue weighted by molar-refractivity contribution is 6.02. The topological polar surface area (TPSA) is 99.7 Å². The highest BCUT2D eigenvalue weighted by atomic mass is 15.0. The third-order valence-corrected chi connectivity index (χ3v) is 2.95. The van der Waals surface area contributed by atoms with E-state index in [1.807, 2.05) is 6.08 Å². The lowest BCUT2D eigenvalue weighted by Crippen LogP contribution is -2.56. The molecule has 0 saturated carbocycles. The fourth-order valence-electron chi connectivity index (χ4n) is 1.95. The summed E-state index contributed by atoms with van der Waals surface area (Å²) in [6, 6.07) is 8.96. The molecule has 0 spiro atoms. The summed E-state index contributed by atoms with van der Waals surface area (Å²) >= 11 is 0. The molecule has 1 aliphatic carbocycles. The summed E-state index contributed by atoms with van der Waals surface area (Å²) in [6.07, 6.45) is 7.09. The zero-order valence-electron chi connectivity index (χ0n) is 9.80.